The number of rotatable bonds is 7. The summed E-state index contributed by atoms with van der Waals surface area (Å²) in [6.07, 6.45) is 0.724. The Morgan fingerprint density at radius 1 is 0.970 bits per heavy atom. The van der Waals surface area contributed by atoms with Gasteiger partial charge in [-0.05, 0) is 48.0 Å². The highest BCUT2D eigenvalue weighted by Crippen LogP contribution is 2.32. The predicted octanol–water partition coefficient (Wildman–Crippen LogP) is 3.59. The third kappa shape index (κ3) is 5.56. The molecule has 0 radical (unpaired) electrons. The third-order valence-electron chi connectivity index (χ3n) is 4.99. The van der Waals surface area contributed by atoms with Crippen LogP contribution in [-0.2, 0) is 16.6 Å². The van der Waals surface area contributed by atoms with Crippen molar-refractivity contribution in [3.8, 4) is 17.2 Å². The summed E-state index contributed by atoms with van der Waals surface area (Å²) in [5.74, 6) is 1.28. The lowest BCUT2D eigenvalue weighted by molar-refractivity contribution is 0.0951. The molecule has 4 rings (SSSR count). The summed E-state index contributed by atoms with van der Waals surface area (Å²) in [7, 11) is -2.32. The fraction of sp³-hybridized carbons (Fsp3) is 0.208. The lowest BCUT2D eigenvalue weighted by Gasteiger charge is -2.12. The van der Waals surface area contributed by atoms with E-state index in [1.54, 1.807) is 31.4 Å². The van der Waals surface area contributed by atoms with Crippen LogP contribution in [0.4, 0.5) is 5.69 Å². The van der Waals surface area contributed by atoms with Gasteiger partial charge in [-0.3, -0.25) is 9.52 Å². The first kappa shape index (κ1) is 22.5. The van der Waals surface area contributed by atoms with Gasteiger partial charge in [-0.2, -0.15) is 0 Å². The predicted molar refractivity (Wildman–Crippen MR) is 123 cm³/mol. The van der Waals surface area contributed by atoms with Gasteiger partial charge in [0.15, 0.2) is 11.5 Å². The maximum absolute atomic E-state index is 12.9. The van der Waals surface area contributed by atoms with Crippen molar-refractivity contribution in [3.05, 3.63) is 77.9 Å². The Bertz CT molecular complexity index is 1260. The van der Waals surface area contributed by atoms with Crippen LogP contribution in [0.2, 0.25) is 0 Å². The SMILES string of the molecule is COc1cccc(CNC(=O)c2cccc(NS(=O)(=O)c3ccc4c(c3)OCCCO4)c2)c1. The molecule has 0 aromatic heterocycles. The van der Waals surface area contributed by atoms with E-state index in [-0.39, 0.29) is 16.5 Å². The van der Waals surface area contributed by atoms with Crippen LogP contribution in [0.5, 0.6) is 17.2 Å². The number of carbonyl (C=O) groups excluding carboxylic acids is 1. The second-order valence-electron chi connectivity index (χ2n) is 7.38. The zero-order valence-corrected chi connectivity index (χ0v) is 18.9. The molecule has 0 saturated heterocycles. The Morgan fingerprint density at radius 3 is 2.58 bits per heavy atom. The van der Waals surface area contributed by atoms with E-state index in [2.05, 4.69) is 10.0 Å². The molecule has 0 saturated carbocycles. The molecule has 1 heterocycles. The van der Waals surface area contributed by atoms with Crippen LogP contribution in [0.15, 0.2) is 71.6 Å². The van der Waals surface area contributed by atoms with E-state index in [1.807, 2.05) is 24.3 Å². The Kier molecular flexibility index (Phi) is 6.69. The van der Waals surface area contributed by atoms with Gasteiger partial charge in [0.05, 0.1) is 25.2 Å². The molecule has 3 aromatic carbocycles. The number of amides is 1. The summed E-state index contributed by atoms with van der Waals surface area (Å²) in [5.41, 5.74) is 1.49. The van der Waals surface area contributed by atoms with Crippen molar-refractivity contribution in [1.82, 2.24) is 5.32 Å². The maximum atomic E-state index is 12.9. The highest BCUT2D eigenvalue weighted by atomic mass is 32.2. The quantitative estimate of drug-likeness (QED) is 0.549. The minimum absolute atomic E-state index is 0.0413. The van der Waals surface area contributed by atoms with Crippen molar-refractivity contribution >= 4 is 21.6 Å². The molecule has 2 N–H and O–H groups in total. The molecule has 33 heavy (non-hydrogen) atoms. The van der Waals surface area contributed by atoms with Crippen LogP contribution in [-0.4, -0.2) is 34.6 Å². The molecule has 1 aliphatic heterocycles. The molecule has 0 unspecified atom stereocenters. The zero-order valence-electron chi connectivity index (χ0n) is 18.0. The number of hydrogen-bond donors (Lipinski definition) is 2. The third-order valence-corrected chi connectivity index (χ3v) is 6.37. The standard InChI is InChI=1S/C24H24N2O6S/c1-30-20-8-2-5-17(13-20)16-25-24(27)18-6-3-7-19(14-18)26-33(28,29)21-9-10-22-23(15-21)32-12-4-11-31-22/h2-3,5-10,13-15,26H,4,11-12,16H2,1H3,(H,25,27). The first-order valence-corrected chi connectivity index (χ1v) is 11.9. The average molecular weight is 469 g/mol. The lowest BCUT2D eigenvalue weighted by atomic mass is 10.1. The molecule has 8 nitrogen and oxygen atoms in total. The normalized spacial score (nSPS) is 13.0. The molecule has 3 aromatic rings. The molecule has 172 valence electrons. The van der Waals surface area contributed by atoms with E-state index < -0.39 is 10.0 Å². The molecule has 0 atom stereocenters. The first-order valence-electron chi connectivity index (χ1n) is 10.4. The van der Waals surface area contributed by atoms with Crippen molar-refractivity contribution in [3.63, 3.8) is 0 Å². The lowest BCUT2D eigenvalue weighted by Crippen LogP contribution is -2.23. The molecular weight excluding hydrogens is 444 g/mol. The van der Waals surface area contributed by atoms with Crippen LogP contribution < -0.4 is 24.2 Å². The first-order chi connectivity index (χ1) is 15.9. The summed E-state index contributed by atoms with van der Waals surface area (Å²) in [6.45, 7) is 1.28. The summed E-state index contributed by atoms with van der Waals surface area (Å²) in [4.78, 5) is 12.6. The van der Waals surface area contributed by atoms with Crippen LogP contribution in [0.25, 0.3) is 0 Å². The zero-order chi connectivity index (χ0) is 23.3. The Morgan fingerprint density at radius 2 is 1.76 bits per heavy atom. The smallest absolute Gasteiger partial charge is 0.262 e. The number of carbonyl (C=O) groups is 1. The van der Waals surface area contributed by atoms with Gasteiger partial charge >= 0.3 is 0 Å². The fourth-order valence-corrected chi connectivity index (χ4v) is 4.38. The van der Waals surface area contributed by atoms with E-state index >= 15 is 0 Å². The van der Waals surface area contributed by atoms with Crippen molar-refractivity contribution in [1.29, 1.82) is 0 Å². The number of hydrogen-bond acceptors (Lipinski definition) is 6. The average Bonchev–Trinajstić information content (AvgIpc) is 3.07. The minimum Gasteiger partial charge on any atom is -0.497 e. The molecule has 1 aliphatic rings. The topological polar surface area (TPSA) is 103 Å². The van der Waals surface area contributed by atoms with E-state index in [9.17, 15) is 13.2 Å². The van der Waals surface area contributed by atoms with Crippen molar-refractivity contribution < 1.29 is 27.4 Å². The van der Waals surface area contributed by atoms with Crippen LogP contribution in [0, 0.1) is 0 Å². The number of sulfonamides is 1. The monoisotopic (exact) mass is 468 g/mol. The number of benzene rings is 3. The van der Waals surface area contributed by atoms with Gasteiger partial charge in [0.25, 0.3) is 15.9 Å². The van der Waals surface area contributed by atoms with Crippen LogP contribution in [0.1, 0.15) is 22.3 Å². The number of methoxy groups -OCH3 is 1. The van der Waals surface area contributed by atoms with Gasteiger partial charge in [0.1, 0.15) is 5.75 Å². The molecule has 1 amide bonds. The van der Waals surface area contributed by atoms with Gasteiger partial charge in [-0.15, -0.1) is 0 Å². The molecule has 9 heteroatoms. The molecule has 0 aliphatic carbocycles. The maximum Gasteiger partial charge on any atom is 0.262 e. The van der Waals surface area contributed by atoms with Gasteiger partial charge in [0.2, 0.25) is 0 Å². The molecule has 0 bridgehead atoms. The number of nitrogens with one attached hydrogen (secondary N) is 2. The number of fused-ring (bicyclic) bond motifs is 1. The number of anilines is 1. The summed E-state index contributed by atoms with van der Waals surface area (Å²) in [6, 6.07) is 18.2. The molecule has 0 spiro atoms. The summed E-state index contributed by atoms with van der Waals surface area (Å²) in [5, 5.41) is 2.83. The van der Waals surface area contributed by atoms with Crippen molar-refractivity contribution in [2.24, 2.45) is 0 Å². The van der Waals surface area contributed by atoms with Gasteiger partial charge in [0, 0.05) is 30.3 Å². The molecular formula is C24H24N2O6S. The highest BCUT2D eigenvalue weighted by Gasteiger charge is 2.19. The largest absolute Gasteiger partial charge is 0.497 e. The Balaban J connectivity index is 1.46. The summed E-state index contributed by atoms with van der Waals surface area (Å²) >= 11 is 0. The highest BCUT2D eigenvalue weighted by molar-refractivity contribution is 7.92. The van der Waals surface area contributed by atoms with E-state index in [0.29, 0.717) is 42.6 Å². The van der Waals surface area contributed by atoms with Crippen molar-refractivity contribution in [2.45, 2.75) is 17.9 Å². The van der Waals surface area contributed by atoms with E-state index in [4.69, 9.17) is 14.2 Å². The Hall–Kier alpha value is -3.72. The number of ether oxygens (including phenoxy) is 3. The van der Waals surface area contributed by atoms with Gasteiger partial charge < -0.3 is 19.5 Å². The van der Waals surface area contributed by atoms with Gasteiger partial charge in [-0.25, -0.2) is 8.42 Å². The summed E-state index contributed by atoms with van der Waals surface area (Å²) < 4.78 is 44.7. The fourth-order valence-electron chi connectivity index (χ4n) is 3.32. The van der Waals surface area contributed by atoms with Crippen LogP contribution in [0.3, 0.4) is 0 Å². The van der Waals surface area contributed by atoms with E-state index in [1.165, 1.54) is 18.2 Å². The van der Waals surface area contributed by atoms with E-state index in [0.717, 1.165) is 12.0 Å². The second-order valence-corrected chi connectivity index (χ2v) is 9.06. The van der Waals surface area contributed by atoms with Crippen molar-refractivity contribution in [2.75, 3.05) is 25.0 Å². The van der Waals surface area contributed by atoms with Gasteiger partial charge in [-0.1, -0.05) is 18.2 Å². The Labute approximate surface area is 192 Å². The minimum atomic E-state index is -3.90. The van der Waals surface area contributed by atoms with Crippen LogP contribution >= 0.6 is 0 Å². The second kappa shape index (κ2) is 9.83. The molecule has 0 fully saturated rings.